The summed E-state index contributed by atoms with van der Waals surface area (Å²) >= 11 is 0. The predicted molar refractivity (Wildman–Crippen MR) is 119 cm³/mol. The first-order valence-electron chi connectivity index (χ1n) is 10.5. The zero-order chi connectivity index (χ0) is 22.7. The van der Waals surface area contributed by atoms with E-state index in [0.29, 0.717) is 35.4 Å². The van der Waals surface area contributed by atoms with E-state index in [9.17, 15) is 10.0 Å². The highest BCUT2D eigenvalue weighted by molar-refractivity contribution is 5.78. The van der Waals surface area contributed by atoms with E-state index in [1.807, 2.05) is 48.5 Å². The van der Waals surface area contributed by atoms with Crippen LogP contribution in [0.25, 0.3) is 22.6 Å². The zero-order valence-electron chi connectivity index (χ0n) is 18.4. The Morgan fingerprint density at radius 2 is 1.62 bits per heavy atom. The number of nitrogens with zero attached hydrogens (tertiary/aromatic N) is 3. The number of aromatic nitrogens is 1. The molecule has 2 aromatic carbocycles. The van der Waals surface area contributed by atoms with Gasteiger partial charge >= 0.3 is 6.03 Å². The number of urea groups is 1. The van der Waals surface area contributed by atoms with Crippen molar-refractivity contribution in [3.63, 3.8) is 0 Å². The molecule has 0 aliphatic carbocycles. The maximum absolute atomic E-state index is 12.6. The molecule has 0 bridgehead atoms. The monoisotopic (exact) mass is 437 g/mol. The number of hydroxylamine groups is 2. The second kappa shape index (κ2) is 9.32. The minimum absolute atomic E-state index is 0.352. The van der Waals surface area contributed by atoms with Gasteiger partial charge < -0.3 is 18.8 Å². The van der Waals surface area contributed by atoms with E-state index in [1.165, 1.54) is 7.05 Å². The molecule has 8 heteroatoms. The highest BCUT2D eigenvalue weighted by Crippen LogP contribution is 2.39. The zero-order valence-corrected chi connectivity index (χ0v) is 18.4. The molecule has 0 spiro atoms. The van der Waals surface area contributed by atoms with Crippen LogP contribution in [0.3, 0.4) is 0 Å². The van der Waals surface area contributed by atoms with E-state index in [4.69, 9.17) is 18.9 Å². The predicted octanol–water partition coefficient (Wildman–Crippen LogP) is 4.99. The Bertz CT molecular complexity index is 995. The molecule has 4 rings (SSSR count). The Morgan fingerprint density at radius 1 is 1.03 bits per heavy atom. The first kappa shape index (κ1) is 21.7. The summed E-state index contributed by atoms with van der Waals surface area (Å²) in [5, 5.41) is 10.3. The Balaban J connectivity index is 1.79. The van der Waals surface area contributed by atoms with Crippen molar-refractivity contribution in [1.82, 2.24) is 14.9 Å². The molecule has 1 fully saturated rings. The van der Waals surface area contributed by atoms with E-state index in [1.54, 1.807) is 19.1 Å². The van der Waals surface area contributed by atoms with Gasteiger partial charge in [-0.1, -0.05) is 0 Å². The summed E-state index contributed by atoms with van der Waals surface area (Å²) in [4.78, 5) is 19.0. The molecule has 0 radical (unpaired) electrons. The lowest BCUT2D eigenvalue weighted by atomic mass is 10.0. The molecule has 1 aliphatic rings. The van der Waals surface area contributed by atoms with Crippen molar-refractivity contribution >= 4 is 6.03 Å². The van der Waals surface area contributed by atoms with Gasteiger partial charge in [-0.3, -0.25) is 5.21 Å². The van der Waals surface area contributed by atoms with Crippen LogP contribution in [0.1, 0.15) is 31.2 Å². The van der Waals surface area contributed by atoms with Crippen LogP contribution in [-0.4, -0.2) is 54.0 Å². The molecule has 168 valence electrons. The van der Waals surface area contributed by atoms with Crippen LogP contribution in [0.4, 0.5) is 4.79 Å². The molecule has 2 amide bonds. The van der Waals surface area contributed by atoms with Crippen molar-refractivity contribution in [2.24, 2.45) is 0 Å². The van der Waals surface area contributed by atoms with E-state index >= 15 is 0 Å². The SMILES string of the molecule is COc1ccc(-c2nc(C3CCCCN3C(=O)N(C)O)oc2-c2ccc(OC)cc2)cc1. The van der Waals surface area contributed by atoms with Crippen LogP contribution < -0.4 is 9.47 Å². The van der Waals surface area contributed by atoms with Gasteiger partial charge in [-0.15, -0.1) is 0 Å². The Labute approximate surface area is 186 Å². The van der Waals surface area contributed by atoms with E-state index in [-0.39, 0.29) is 6.04 Å². The number of methoxy groups -OCH3 is 2. The number of amides is 2. The van der Waals surface area contributed by atoms with Crippen LogP contribution in [0.5, 0.6) is 11.5 Å². The fraction of sp³-hybridized carbons (Fsp3) is 0.333. The number of rotatable bonds is 5. The Morgan fingerprint density at radius 3 is 2.19 bits per heavy atom. The van der Waals surface area contributed by atoms with E-state index in [0.717, 1.165) is 35.5 Å². The molecular formula is C24H27N3O5. The Hall–Kier alpha value is -3.52. The third-order valence-corrected chi connectivity index (χ3v) is 5.67. The van der Waals surface area contributed by atoms with E-state index < -0.39 is 6.03 Å². The van der Waals surface area contributed by atoms with Gasteiger partial charge in [0.2, 0.25) is 5.89 Å². The number of benzene rings is 2. The number of ether oxygens (including phenoxy) is 2. The number of oxazole rings is 1. The van der Waals surface area contributed by atoms with Gasteiger partial charge in [-0.2, -0.15) is 0 Å². The molecule has 2 heterocycles. The topological polar surface area (TPSA) is 88.3 Å². The first-order valence-corrected chi connectivity index (χ1v) is 10.5. The van der Waals surface area contributed by atoms with Crippen molar-refractivity contribution in [3.05, 3.63) is 54.4 Å². The smallest absolute Gasteiger partial charge is 0.344 e. The summed E-state index contributed by atoms with van der Waals surface area (Å²) < 4.78 is 16.9. The summed E-state index contributed by atoms with van der Waals surface area (Å²) in [5.74, 6) is 2.56. The summed E-state index contributed by atoms with van der Waals surface area (Å²) in [7, 11) is 4.57. The highest BCUT2D eigenvalue weighted by atomic mass is 16.5. The molecule has 1 saturated heterocycles. The van der Waals surface area contributed by atoms with Crippen LogP contribution in [-0.2, 0) is 0 Å². The van der Waals surface area contributed by atoms with Gasteiger partial charge in [0, 0.05) is 24.7 Å². The molecule has 3 aromatic rings. The number of carbonyl (C=O) groups excluding carboxylic acids is 1. The van der Waals surface area contributed by atoms with Crippen molar-refractivity contribution in [2.75, 3.05) is 27.8 Å². The van der Waals surface area contributed by atoms with Crippen LogP contribution in [0.15, 0.2) is 52.9 Å². The fourth-order valence-electron chi connectivity index (χ4n) is 3.96. The van der Waals surface area contributed by atoms with Gasteiger partial charge in [0.05, 0.1) is 14.2 Å². The van der Waals surface area contributed by atoms with Gasteiger partial charge in [0.15, 0.2) is 5.76 Å². The molecule has 1 unspecified atom stereocenters. The molecule has 1 N–H and O–H groups in total. The van der Waals surface area contributed by atoms with Crippen LogP contribution in [0.2, 0.25) is 0 Å². The standard InChI is InChI=1S/C24H27N3O5/c1-26(29)24(28)27-15-5-4-6-20(27)23-25-21(16-7-11-18(30-2)12-8-16)22(32-23)17-9-13-19(31-3)14-10-17/h7-14,20,29H,4-6,15H2,1-3H3. The maximum Gasteiger partial charge on any atom is 0.344 e. The van der Waals surface area contributed by atoms with Crippen molar-refractivity contribution in [1.29, 1.82) is 0 Å². The lowest BCUT2D eigenvalue weighted by Gasteiger charge is -2.34. The molecular weight excluding hydrogens is 410 g/mol. The molecule has 1 aliphatic heterocycles. The molecule has 32 heavy (non-hydrogen) atoms. The van der Waals surface area contributed by atoms with Gasteiger partial charge in [0.1, 0.15) is 23.2 Å². The molecule has 8 nitrogen and oxygen atoms in total. The fourth-order valence-corrected chi connectivity index (χ4v) is 3.96. The molecule has 1 aromatic heterocycles. The number of piperidine rings is 1. The second-order valence-corrected chi connectivity index (χ2v) is 7.70. The number of hydrogen-bond donors (Lipinski definition) is 1. The summed E-state index contributed by atoms with van der Waals surface area (Å²) in [6.07, 6.45) is 2.53. The van der Waals surface area contributed by atoms with Gasteiger partial charge in [0.25, 0.3) is 0 Å². The first-order chi connectivity index (χ1) is 15.5. The van der Waals surface area contributed by atoms with Gasteiger partial charge in [-0.05, 0) is 67.8 Å². The van der Waals surface area contributed by atoms with Crippen LogP contribution in [0, 0.1) is 0 Å². The third-order valence-electron chi connectivity index (χ3n) is 5.67. The lowest BCUT2D eigenvalue weighted by Crippen LogP contribution is -2.44. The summed E-state index contributed by atoms with van der Waals surface area (Å²) in [6, 6.07) is 14.4. The number of likely N-dealkylation sites (tertiary alicyclic amines) is 1. The minimum Gasteiger partial charge on any atom is -0.497 e. The maximum atomic E-state index is 12.6. The minimum atomic E-state index is -0.468. The molecule has 0 saturated carbocycles. The summed E-state index contributed by atoms with van der Waals surface area (Å²) in [6.45, 7) is 0.534. The average molecular weight is 437 g/mol. The normalized spacial score (nSPS) is 16.0. The highest BCUT2D eigenvalue weighted by Gasteiger charge is 2.34. The molecule has 1 atom stereocenters. The van der Waals surface area contributed by atoms with Crippen LogP contribution >= 0.6 is 0 Å². The largest absolute Gasteiger partial charge is 0.497 e. The number of hydrogen-bond acceptors (Lipinski definition) is 6. The van der Waals surface area contributed by atoms with E-state index in [2.05, 4.69) is 0 Å². The lowest BCUT2D eigenvalue weighted by molar-refractivity contribution is -0.0426. The second-order valence-electron chi connectivity index (χ2n) is 7.70. The van der Waals surface area contributed by atoms with Crippen molar-refractivity contribution in [3.8, 4) is 34.1 Å². The Kier molecular flexibility index (Phi) is 6.32. The average Bonchev–Trinajstić information content (AvgIpc) is 3.29. The summed E-state index contributed by atoms with van der Waals surface area (Å²) in [5.41, 5.74) is 2.41. The van der Waals surface area contributed by atoms with Crippen molar-refractivity contribution < 1.29 is 23.9 Å². The quantitative estimate of drug-likeness (QED) is 0.447. The van der Waals surface area contributed by atoms with Gasteiger partial charge in [-0.25, -0.2) is 14.8 Å². The van der Waals surface area contributed by atoms with Crippen molar-refractivity contribution in [2.45, 2.75) is 25.3 Å². The number of carbonyl (C=O) groups is 1. The third kappa shape index (κ3) is 4.27.